The van der Waals surface area contributed by atoms with Crippen molar-refractivity contribution < 1.29 is 4.79 Å². The number of amides is 1. The van der Waals surface area contributed by atoms with Crippen LogP contribution >= 0.6 is 0 Å². The van der Waals surface area contributed by atoms with Crippen molar-refractivity contribution >= 4 is 5.91 Å². The van der Waals surface area contributed by atoms with Gasteiger partial charge in [-0.1, -0.05) is 54.1 Å². The van der Waals surface area contributed by atoms with E-state index in [9.17, 15) is 4.79 Å². The molecule has 0 spiro atoms. The molecule has 2 aliphatic rings. The van der Waals surface area contributed by atoms with E-state index in [-0.39, 0.29) is 0 Å². The fourth-order valence-electron chi connectivity index (χ4n) is 4.00. The number of carbonyl (C=O) groups excluding carboxylic acids is 1. The van der Waals surface area contributed by atoms with Gasteiger partial charge in [0.25, 0.3) is 0 Å². The van der Waals surface area contributed by atoms with Crippen LogP contribution in [0, 0.1) is 6.92 Å². The van der Waals surface area contributed by atoms with E-state index in [4.69, 9.17) is 0 Å². The zero-order chi connectivity index (χ0) is 17.2. The quantitative estimate of drug-likeness (QED) is 0.857. The average molecular weight is 334 g/mol. The Balaban J connectivity index is 1.25. The van der Waals surface area contributed by atoms with Crippen LogP contribution in [-0.4, -0.2) is 41.4 Å². The Labute approximate surface area is 150 Å². The van der Waals surface area contributed by atoms with Gasteiger partial charge in [-0.2, -0.15) is 0 Å². The van der Waals surface area contributed by atoms with Crippen molar-refractivity contribution in [2.75, 3.05) is 19.6 Å². The van der Waals surface area contributed by atoms with Crippen LogP contribution < -0.4 is 0 Å². The Kier molecular flexibility index (Phi) is 4.58. The van der Waals surface area contributed by atoms with Crippen molar-refractivity contribution in [3.05, 3.63) is 70.8 Å². The summed E-state index contributed by atoms with van der Waals surface area (Å²) in [5.74, 6) is 0.301. The number of hydrogen-bond donors (Lipinski definition) is 0. The number of hydrogen-bond acceptors (Lipinski definition) is 2. The second-order valence-corrected chi connectivity index (χ2v) is 7.43. The summed E-state index contributed by atoms with van der Waals surface area (Å²) in [6.07, 6.45) is 2.60. The fourth-order valence-corrected chi connectivity index (χ4v) is 4.00. The van der Waals surface area contributed by atoms with Crippen molar-refractivity contribution in [2.45, 2.75) is 38.8 Å². The van der Waals surface area contributed by atoms with Gasteiger partial charge in [-0.15, -0.1) is 0 Å². The first kappa shape index (κ1) is 16.3. The van der Waals surface area contributed by atoms with E-state index in [1.807, 2.05) is 4.90 Å². The lowest BCUT2D eigenvalue weighted by molar-refractivity contribution is -0.138. The van der Waals surface area contributed by atoms with Crippen LogP contribution in [-0.2, 0) is 24.2 Å². The monoisotopic (exact) mass is 334 g/mol. The van der Waals surface area contributed by atoms with E-state index in [1.165, 1.54) is 22.3 Å². The summed E-state index contributed by atoms with van der Waals surface area (Å²) in [5, 5.41) is 0. The van der Waals surface area contributed by atoms with Gasteiger partial charge in [-0.25, -0.2) is 0 Å². The first-order valence-electron chi connectivity index (χ1n) is 9.33. The predicted molar refractivity (Wildman–Crippen MR) is 100 cm³/mol. The number of benzene rings is 2. The molecule has 0 aliphatic carbocycles. The van der Waals surface area contributed by atoms with Crippen molar-refractivity contribution in [3.8, 4) is 0 Å². The minimum Gasteiger partial charge on any atom is -0.339 e. The van der Waals surface area contributed by atoms with Crippen molar-refractivity contribution in [1.82, 2.24) is 9.80 Å². The maximum absolute atomic E-state index is 12.4. The van der Waals surface area contributed by atoms with Gasteiger partial charge in [0.15, 0.2) is 0 Å². The molecule has 4 rings (SSSR count). The highest BCUT2D eigenvalue weighted by atomic mass is 16.2. The third-order valence-corrected chi connectivity index (χ3v) is 5.60. The highest BCUT2D eigenvalue weighted by molar-refractivity contribution is 5.77. The normalized spacial score (nSPS) is 17.9. The maximum Gasteiger partial charge on any atom is 0.223 e. The summed E-state index contributed by atoms with van der Waals surface area (Å²) < 4.78 is 0. The van der Waals surface area contributed by atoms with E-state index >= 15 is 0 Å². The molecular formula is C22H26N2O. The number of fused-ring (bicyclic) bond motifs is 1. The van der Waals surface area contributed by atoms with Gasteiger partial charge in [0.05, 0.1) is 0 Å². The third-order valence-electron chi connectivity index (χ3n) is 5.60. The molecule has 2 heterocycles. The standard InChI is InChI=1S/C22H26N2O/c1-17-5-4-6-18(13-17)9-10-22(25)24-15-21(16-24)23-12-11-19-7-2-3-8-20(19)14-23/h2-8,13,21H,9-12,14-16H2,1H3. The summed E-state index contributed by atoms with van der Waals surface area (Å²) in [6, 6.07) is 17.7. The van der Waals surface area contributed by atoms with Crippen LogP contribution in [0.15, 0.2) is 48.5 Å². The first-order valence-corrected chi connectivity index (χ1v) is 9.33. The Bertz CT molecular complexity index is 764. The summed E-state index contributed by atoms with van der Waals surface area (Å²) >= 11 is 0. The molecule has 25 heavy (non-hydrogen) atoms. The molecule has 1 saturated heterocycles. The summed E-state index contributed by atoms with van der Waals surface area (Å²) in [7, 11) is 0. The van der Waals surface area contributed by atoms with Gasteiger partial charge in [0, 0.05) is 38.6 Å². The summed E-state index contributed by atoms with van der Waals surface area (Å²) in [5.41, 5.74) is 5.47. The van der Waals surface area contributed by atoms with Crippen LogP contribution in [0.3, 0.4) is 0 Å². The number of carbonyl (C=O) groups is 1. The average Bonchev–Trinajstić information content (AvgIpc) is 2.59. The second-order valence-electron chi connectivity index (χ2n) is 7.43. The Morgan fingerprint density at radius 3 is 2.68 bits per heavy atom. The van der Waals surface area contributed by atoms with E-state index < -0.39 is 0 Å². The second kappa shape index (κ2) is 7.01. The molecule has 2 aromatic carbocycles. The minimum absolute atomic E-state index is 0.301. The van der Waals surface area contributed by atoms with Gasteiger partial charge in [-0.3, -0.25) is 9.69 Å². The Morgan fingerprint density at radius 1 is 1.08 bits per heavy atom. The SMILES string of the molecule is Cc1cccc(CCC(=O)N2CC(N3CCc4ccccc4C3)C2)c1. The van der Waals surface area contributed by atoms with Crippen LogP contribution in [0.25, 0.3) is 0 Å². The highest BCUT2D eigenvalue weighted by Gasteiger charge is 2.35. The van der Waals surface area contributed by atoms with Crippen molar-refractivity contribution in [2.24, 2.45) is 0 Å². The Hall–Kier alpha value is -2.13. The number of nitrogens with zero attached hydrogens (tertiary/aromatic N) is 2. The molecule has 130 valence electrons. The highest BCUT2D eigenvalue weighted by Crippen LogP contribution is 2.24. The molecule has 3 nitrogen and oxygen atoms in total. The molecule has 0 aromatic heterocycles. The lowest BCUT2D eigenvalue weighted by atomic mass is 9.96. The Morgan fingerprint density at radius 2 is 1.88 bits per heavy atom. The molecular weight excluding hydrogens is 308 g/mol. The zero-order valence-electron chi connectivity index (χ0n) is 14.9. The van der Waals surface area contributed by atoms with E-state index in [0.29, 0.717) is 18.4 Å². The van der Waals surface area contributed by atoms with Gasteiger partial charge in [0.1, 0.15) is 0 Å². The van der Waals surface area contributed by atoms with Crippen LogP contribution in [0.2, 0.25) is 0 Å². The minimum atomic E-state index is 0.301. The largest absolute Gasteiger partial charge is 0.339 e. The van der Waals surface area contributed by atoms with Crippen molar-refractivity contribution in [1.29, 1.82) is 0 Å². The van der Waals surface area contributed by atoms with Gasteiger partial charge in [0.2, 0.25) is 5.91 Å². The summed E-state index contributed by atoms with van der Waals surface area (Å²) in [6.45, 7) is 6.05. The van der Waals surface area contributed by atoms with E-state index in [1.54, 1.807) is 0 Å². The van der Waals surface area contributed by atoms with Gasteiger partial charge < -0.3 is 4.90 Å². The van der Waals surface area contributed by atoms with Crippen LogP contribution in [0.4, 0.5) is 0 Å². The van der Waals surface area contributed by atoms with Gasteiger partial charge in [-0.05, 0) is 36.5 Å². The lowest BCUT2D eigenvalue weighted by Gasteiger charge is -2.47. The van der Waals surface area contributed by atoms with Crippen LogP contribution in [0.1, 0.15) is 28.7 Å². The molecule has 0 unspecified atom stereocenters. The van der Waals surface area contributed by atoms with E-state index in [0.717, 1.165) is 39.0 Å². The number of aryl methyl sites for hydroxylation is 2. The molecule has 0 bridgehead atoms. The zero-order valence-corrected chi connectivity index (χ0v) is 14.9. The van der Waals surface area contributed by atoms with Gasteiger partial charge >= 0.3 is 0 Å². The molecule has 0 atom stereocenters. The molecule has 1 fully saturated rings. The third kappa shape index (κ3) is 3.62. The molecule has 3 heteroatoms. The molecule has 2 aliphatic heterocycles. The smallest absolute Gasteiger partial charge is 0.223 e. The molecule has 0 N–H and O–H groups in total. The fraction of sp³-hybridized carbons (Fsp3) is 0.409. The summed E-state index contributed by atoms with van der Waals surface area (Å²) in [4.78, 5) is 17.0. The topological polar surface area (TPSA) is 23.6 Å². The molecule has 1 amide bonds. The number of likely N-dealkylation sites (tertiary alicyclic amines) is 1. The molecule has 0 radical (unpaired) electrons. The number of rotatable bonds is 4. The van der Waals surface area contributed by atoms with Crippen molar-refractivity contribution in [3.63, 3.8) is 0 Å². The maximum atomic E-state index is 12.4. The molecule has 2 aromatic rings. The van der Waals surface area contributed by atoms with E-state index in [2.05, 4.69) is 60.4 Å². The predicted octanol–water partition coefficient (Wildman–Crippen LogP) is 3.20. The lowest BCUT2D eigenvalue weighted by Crippen LogP contribution is -2.61. The first-order chi connectivity index (χ1) is 12.2. The van der Waals surface area contributed by atoms with Crippen LogP contribution in [0.5, 0.6) is 0 Å². The molecule has 0 saturated carbocycles.